The zero-order valence-electron chi connectivity index (χ0n) is 17.1. The molecule has 2 rings (SSSR count). The van der Waals surface area contributed by atoms with E-state index in [1.807, 2.05) is 6.88 Å². The maximum atomic E-state index is 7.11. The van der Waals surface area contributed by atoms with Gasteiger partial charge in [0.2, 0.25) is 0 Å². The van der Waals surface area contributed by atoms with Gasteiger partial charge >= 0.3 is 30.2 Å². The second-order valence-corrected chi connectivity index (χ2v) is 6.67. The number of rotatable bonds is 10. The van der Waals surface area contributed by atoms with Gasteiger partial charge in [-0.2, -0.15) is 6.54 Å². The summed E-state index contributed by atoms with van der Waals surface area (Å²) < 4.78 is 0. The van der Waals surface area contributed by atoms with E-state index >= 15 is 0 Å². The fourth-order valence-electron chi connectivity index (χ4n) is 3.90. The van der Waals surface area contributed by atoms with Crippen molar-refractivity contribution in [3.8, 4) is 0 Å². The van der Waals surface area contributed by atoms with Crippen LogP contribution in [0.4, 0.5) is 0 Å². The Morgan fingerprint density at radius 3 is 2.00 bits per heavy atom. The summed E-state index contributed by atoms with van der Waals surface area (Å²) in [5.74, 6) is 1.82. The second kappa shape index (κ2) is 24.2. The molecule has 1 N–H and O–H groups in total. The molecule has 2 aliphatic carbocycles. The molecule has 0 aliphatic heterocycles. The first-order chi connectivity index (χ1) is 10.9. The normalized spacial score (nSPS) is 19.2. The van der Waals surface area contributed by atoms with Crippen molar-refractivity contribution >= 4 is 31.7 Å². The zero-order valence-corrected chi connectivity index (χ0v) is 22.6. The van der Waals surface area contributed by atoms with Gasteiger partial charge in [0, 0.05) is 0 Å². The molecule has 0 radical (unpaired) electrons. The minimum atomic E-state index is 0. The van der Waals surface area contributed by atoms with Gasteiger partial charge in [0.25, 0.3) is 0 Å². The number of halogens is 2. The van der Waals surface area contributed by atoms with Gasteiger partial charge < -0.3 is 20.6 Å². The van der Waals surface area contributed by atoms with Gasteiger partial charge in [-0.1, -0.05) is 75.2 Å². The van der Waals surface area contributed by atoms with Crippen LogP contribution in [0.25, 0.3) is 5.73 Å². The van der Waals surface area contributed by atoms with Gasteiger partial charge in [-0.25, -0.2) is 0 Å². The van der Waals surface area contributed by atoms with Crippen molar-refractivity contribution in [2.24, 2.45) is 11.8 Å². The van der Waals surface area contributed by atoms with Crippen LogP contribution in [0.2, 0.25) is 0 Å². The summed E-state index contributed by atoms with van der Waals surface area (Å²) in [7, 11) is 0. The number of nitrogens with one attached hydrogen (secondary N) is 1. The molecule has 2 aliphatic rings. The average Bonchev–Trinajstić information content (AvgIpc) is 2.98. The Kier molecular flexibility index (Phi) is 32.2. The predicted octanol–water partition coefficient (Wildman–Crippen LogP) is 7.29. The standard InChI is InChI=1S/C19H32N.2CH3.2ClH.H2Si.Zr/c20-16-10-6-4-2-1-3-5-7-11-17-14-15-18-12-8-9-13-19(17)18;;;;;;/h8-9,13,17-18,20H,1-7,10-12,14-16H2;2*1H3;2*1H;1H2;/q3*-1;;;;. The molecule has 26 heavy (non-hydrogen) atoms. The summed E-state index contributed by atoms with van der Waals surface area (Å²) in [6.07, 6.45) is 23.5. The Morgan fingerprint density at radius 2 is 1.42 bits per heavy atom. The summed E-state index contributed by atoms with van der Waals surface area (Å²) in [4.78, 5) is 0. The van der Waals surface area contributed by atoms with E-state index in [-0.39, 0.29) is 39.7 Å². The summed E-state index contributed by atoms with van der Waals surface area (Å²) in [5, 5.41) is 0. The molecule has 5 heteroatoms. The van der Waals surface area contributed by atoms with Crippen LogP contribution < -0.4 is 0 Å². The van der Waals surface area contributed by atoms with Crippen molar-refractivity contribution < 1.29 is 23.3 Å². The van der Waals surface area contributed by atoms with E-state index in [0.29, 0.717) is 6.54 Å². The molecule has 156 valence electrons. The monoisotopic (exact) mass is 496 g/mol. The van der Waals surface area contributed by atoms with E-state index in [1.54, 1.807) is 28.9 Å². The van der Waals surface area contributed by atoms with Crippen molar-refractivity contribution in [2.75, 3.05) is 6.54 Å². The molecule has 0 aromatic heterocycles. The third-order valence-corrected chi connectivity index (χ3v) is 5.13. The van der Waals surface area contributed by atoms with Crippen LogP contribution in [0, 0.1) is 26.7 Å². The van der Waals surface area contributed by atoms with Gasteiger partial charge in [-0.3, -0.25) is 0 Å². The SMILES string of the molecule is Cl.Cl.[CH3-].[CH3-].[NH-]CCCCCCCCCCC1CCC2CC=CC=C21.[SiH2]=[Zr]. The molecular formula is C21H42Cl2NSiZr-3. The average molecular weight is 499 g/mol. The molecular weight excluding hydrogens is 456 g/mol. The number of hydrogen-bond acceptors (Lipinski definition) is 0. The molecule has 2 atom stereocenters. The van der Waals surface area contributed by atoms with Gasteiger partial charge in [0.15, 0.2) is 0 Å². The Labute approximate surface area is 193 Å². The first-order valence-corrected chi connectivity index (χ1v) is 15.2. The molecule has 0 heterocycles. The number of fused-ring (bicyclic) bond motifs is 1. The molecule has 0 amide bonds. The summed E-state index contributed by atoms with van der Waals surface area (Å²) in [5.41, 5.74) is 8.89. The van der Waals surface area contributed by atoms with Crippen LogP contribution in [0.1, 0.15) is 77.0 Å². The van der Waals surface area contributed by atoms with Crippen molar-refractivity contribution in [3.63, 3.8) is 0 Å². The Balaban J connectivity index is -0.000000390. The number of allylic oxidation sites excluding steroid dienone is 4. The molecule has 1 nitrogen and oxygen atoms in total. The van der Waals surface area contributed by atoms with Gasteiger partial charge in [-0.15, -0.1) is 24.8 Å². The maximum absolute atomic E-state index is 7.11. The van der Waals surface area contributed by atoms with Gasteiger partial charge in [0.05, 0.1) is 0 Å². The van der Waals surface area contributed by atoms with Crippen LogP contribution in [0.3, 0.4) is 0 Å². The summed E-state index contributed by atoms with van der Waals surface area (Å²) in [6, 6.07) is 0. The molecule has 0 aromatic carbocycles. The fourth-order valence-corrected chi connectivity index (χ4v) is 3.90. The van der Waals surface area contributed by atoms with Crippen LogP contribution in [-0.2, 0) is 23.3 Å². The third kappa shape index (κ3) is 14.2. The molecule has 0 saturated heterocycles. The van der Waals surface area contributed by atoms with Crippen LogP contribution in [0.5, 0.6) is 0 Å². The van der Waals surface area contributed by atoms with Gasteiger partial charge in [0.1, 0.15) is 0 Å². The van der Waals surface area contributed by atoms with E-state index in [9.17, 15) is 0 Å². The van der Waals surface area contributed by atoms with Crippen molar-refractivity contribution in [2.45, 2.75) is 77.0 Å². The van der Waals surface area contributed by atoms with E-state index in [1.165, 1.54) is 70.6 Å². The first kappa shape index (κ1) is 34.6. The Hall–Kier alpha value is 1.12. The molecule has 1 saturated carbocycles. The summed E-state index contributed by atoms with van der Waals surface area (Å²) in [6.45, 7) is 2.57. The predicted molar refractivity (Wildman–Crippen MR) is 125 cm³/mol. The van der Waals surface area contributed by atoms with Crippen molar-refractivity contribution in [3.05, 3.63) is 44.4 Å². The van der Waals surface area contributed by atoms with Crippen LogP contribution >= 0.6 is 24.8 Å². The van der Waals surface area contributed by atoms with E-state index < -0.39 is 0 Å². The Bertz CT molecular complexity index is 351. The van der Waals surface area contributed by atoms with Crippen molar-refractivity contribution in [1.29, 1.82) is 0 Å². The number of unbranched alkanes of at least 4 members (excludes halogenated alkanes) is 7. The second-order valence-electron chi connectivity index (χ2n) is 6.67. The summed E-state index contributed by atoms with van der Waals surface area (Å²) >= 11 is 1.58. The van der Waals surface area contributed by atoms with E-state index in [0.717, 1.165) is 18.3 Å². The fraction of sp³-hybridized carbons (Fsp3) is 0.714. The Morgan fingerprint density at radius 1 is 0.885 bits per heavy atom. The molecule has 0 aromatic rings. The topological polar surface area (TPSA) is 23.8 Å². The molecule has 1 fully saturated rings. The number of hydrogen-bond donors (Lipinski definition) is 0. The van der Waals surface area contributed by atoms with Gasteiger partial charge in [-0.05, 0) is 37.5 Å². The van der Waals surface area contributed by atoms with Crippen LogP contribution in [0.15, 0.2) is 23.8 Å². The van der Waals surface area contributed by atoms with E-state index in [2.05, 4.69) is 18.2 Å². The quantitative estimate of drug-likeness (QED) is 0.172. The molecule has 0 bridgehead atoms. The first-order valence-electron chi connectivity index (χ1n) is 9.28. The third-order valence-electron chi connectivity index (χ3n) is 5.13. The van der Waals surface area contributed by atoms with Crippen molar-refractivity contribution in [1.82, 2.24) is 0 Å². The van der Waals surface area contributed by atoms with Crippen LogP contribution in [-0.4, -0.2) is 13.4 Å². The molecule has 0 spiro atoms. The molecule has 2 unspecified atom stereocenters. The zero-order chi connectivity index (χ0) is 16.0. The minimum absolute atomic E-state index is 0. The van der Waals surface area contributed by atoms with E-state index in [4.69, 9.17) is 5.73 Å².